The van der Waals surface area contributed by atoms with E-state index in [2.05, 4.69) is 5.32 Å². The van der Waals surface area contributed by atoms with Crippen molar-refractivity contribution >= 4 is 27.5 Å². The number of nitrogens with zero attached hydrogens (tertiary/aromatic N) is 2. The lowest BCUT2D eigenvalue weighted by Gasteiger charge is -2.32. The number of sulfonamides is 1. The Hall–Kier alpha value is -4.05. The molecule has 0 aliphatic heterocycles. The Labute approximate surface area is 248 Å². The van der Waals surface area contributed by atoms with Crippen molar-refractivity contribution in [1.29, 1.82) is 0 Å². The van der Waals surface area contributed by atoms with Crippen LogP contribution in [0.1, 0.15) is 43.7 Å². The first-order valence-corrected chi connectivity index (χ1v) is 15.5. The first kappa shape index (κ1) is 30.9. The van der Waals surface area contributed by atoms with Crippen LogP contribution >= 0.6 is 0 Å². The van der Waals surface area contributed by atoms with Gasteiger partial charge >= 0.3 is 0 Å². The highest BCUT2D eigenvalue weighted by molar-refractivity contribution is 7.92. The van der Waals surface area contributed by atoms with Crippen LogP contribution in [0, 0.1) is 6.92 Å². The number of rotatable bonds is 12. The minimum absolute atomic E-state index is 0.0510. The van der Waals surface area contributed by atoms with Gasteiger partial charge in [-0.3, -0.25) is 13.9 Å². The number of carbonyl (C=O) groups is 2. The molecule has 0 unspecified atom stereocenters. The molecule has 3 aromatic rings. The number of carbonyl (C=O) groups excluding carboxylic acids is 2. The van der Waals surface area contributed by atoms with E-state index in [9.17, 15) is 18.0 Å². The highest BCUT2D eigenvalue weighted by Crippen LogP contribution is 2.28. The second-order valence-electron chi connectivity index (χ2n) is 10.6. The van der Waals surface area contributed by atoms with Gasteiger partial charge in [-0.15, -0.1) is 0 Å². The monoisotopic (exact) mass is 593 g/mol. The minimum Gasteiger partial charge on any atom is -0.497 e. The number of nitrogens with one attached hydrogen (secondary N) is 1. The van der Waals surface area contributed by atoms with Crippen molar-refractivity contribution < 1.29 is 27.5 Å². The fraction of sp³-hybridized carbons (Fsp3) is 0.375. The van der Waals surface area contributed by atoms with Gasteiger partial charge in [-0.1, -0.05) is 48.7 Å². The van der Waals surface area contributed by atoms with Crippen molar-refractivity contribution in [1.82, 2.24) is 10.2 Å². The van der Waals surface area contributed by atoms with E-state index in [1.165, 1.54) is 24.1 Å². The van der Waals surface area contributed by atoms with Crippen molar-refractivity contribution in [2.24, 2.45) is 0 Å². The number of hydrogen-bond donors (Lipinski definition) is 1. The maximum Gasteiger partial charge on any atom is 0.264 e. The number of ether oxygens (including phenoxy) is 2. The lowest BCUT2D eigenvalue weighted by molar-refractivity contribution is -0.139. The molecule has 1 atom stereocenters. The molecule has 1 saturated carbocycles. The summed E-state index contributed by atoms with van der Waals surface area (Å²) >= 11 is 0. The van der Waals surface area contributed by atoms with E-state index in [-0.39, 0.29) is 29.1 Å². The Morgan fingerprint density at radius 3 is 2.19 bits per heavy atom. The van der Waals surface area contributed by atoms with E-state index >= 15 is 0 Å². The van der Waals surface area contributed by atoms with Gasteiger partial charge in [-0.05, 0) is 68.7 Å². The van der Waals surface area contributed by atoms with Crippen LogP contribution in [-0.4, -0.2) is 58.0 Å². The van der Waals surface area contributed by atoms with E-state index in [0.29, 0.717) is 11.5 Å². The number of anilines is 1. The molecule has 0 aromatic heterocycles. The summed E-state index contributed by atoms with van der Waals surface area (Å²) in [5, 5.41) is 3.08. The highest BCUT2D eigenvalue weighted by atomic mass is 32.2. The molecule has 3 aromatic carbocycles. The van der Waals surface area contributed by atoms with Crippen LogP contribution < -0.4 is 19.1 Å². The second kappa shape index (κ2) is 13.7. The van der Waals surface area contributed by atoms with Crippen molar-refractivity contribution in [3.63, 3.8) is 0 Å². The van der Waals surface area contributed by atoms with Crippen LogP contribution in [0.25, 0.3) is 0 Å². The van der Waals surface area contributed by atoms with Gasteiger partial charge in [0.25, 0.3) is 10.0 Å². The van der Waals surface area contributed by atoms with Gasteiger partial charge in [0.05, 0.1) is 24.8 Å². The van der Waals surface area contributed by atoms with Gasteiger partial charge in [-0.2, -0.15) is 0 Å². The highest BCUT2D eigenvalue weighted by Gasteiger charge is 2.33. The van der Waals surface area contributed by atoms with E-state index in [1.807, 2.05) is 19.1 Å². The molecule has 9 nitrogen and oxygen atoms in total. The third-order valence-corrected chi connectivity index (χ3v) is 9.37. The van der Waals surface area contributed by atoms with Crippen LogP contribution in [-0.2, 0) is 26.2 Å². The summed E-state index contributed by atoms with van der Waals surface area (Å²) in [6.45, 7) is 3.11. The third kappa shape index (κ3) is 7.42. The van der Waals surface area contributed by atoms with Crippen LogP contribution in [0.4, 0.5) is 5.69 Å². The zero-order valence-corrected chi connectivity index (χ0v) is 25.4. The molecule has 10 heteroatoms. The maximum absolute atomic E-state index is 14.1. The summed E-state index contributed by atoms with van der Waals surface area (Å²) in [4.78, 5) is 29.0. The lowest BCUT2D eigenvalue weighted by Crippen LogP contribution is -2.52. The van der Waals surface area contributed by atoms with Crippen LogP contribution in [0.15, 0.2) is 77.7 Å². The fourth-order valence-electron chi connectivity index (χ4n) is 5.07. The molecule has 0 bridgehead atoms. The van der Waals surface area contributed by atoms with Gasteiger partial charge in [0.15, 0.2) is 0 Å². The Kier molecular flexibility index (Phi) is 10.1. The minimum atomic E-state index is -4.16. The molecule has 224 valence electrons. The molecule has 1 fully saturated rings. The topological polar surface area (TPSA) is 105 Å². The molecule has 0 radical (unpaired) electrons. The molecule has 1 N–H and O–H groups in total. The Bertz CT molecular complexity index is 1490. The first-order valence-electron chi connectivity index (χ1n) is 14.1. The number of methoxy groups -OCH3 is 2. The quantitative estimate of drug-likeness (QED) is 0.327. The van der Waals surface area contributed by atoms with Crippen LogP contribution in [0.5, 0.6) is 11.5 Å². The van der Waals surface area contributed by atoms with Crippen molar-refractivity contribution in [3.05, 3.63) is 83.9 Å². The Morgan fingerprint density at radius 1 is 0.929 bits per heavy atom. The molecule has 0 saturated heterocycles. The maximum atomic E-state index is 14.1. The second-order valence-corrected chi connectivity index (χ2v) is 12.4. The number of hydrogen-bond acceptors (Lipinski definition) is 6. The standard InChI is InChI=1S/C32H39N3O6S/c1-23-15-17-30(18-16-23)42(38,39)35(27-12-8-14-29(20-27)41-4)22-31(36)34(21-25-9-7-13-28(19-25)40-3)24(2)32(37)33-26-10-5-6-11-26/h7-9,12-20,24,26H,5-6,10-11,21-22H2,1-4H3,(H,33,37)/t24-/m1/s1. The van der Waals surface area contributed by atoms with Gasteiger partial charge < -0.3 is 19.7 Å². The molecular weight excluding hydrogens is 554 g/mol. The summed E-state index contributed by atoms with van der Waals surface area (Å²) in [7, 11) is -1.12. The Balaban J connectivity index is 1.70. The molecule has 2 amide bonds. The van der Waals surface area contributed by atoms with Crippen LogP contribution in [0.2, 0.25) is 0 Å². The SMILES string of the molecule is COc1cccc(CN(C(=O)CN(c2cccc(OC)c2)S(=O)(=O)c2ccc(C)cc2)[C@H](C)C(=O)NC2CCCC2)c1. The van der Waals surface area contributed by atoms with Crippen molar-refractivity contribution in [2.45, 2.75) is 63.1 Å². The summed E-state index contributed by atoms with van der Waals surface area (Å²) < 4.78 is 39.8. The zero-order valence-electron chi connectivity index (χ0n) is 24.6. The number of benzene rings is 3. The summed E-state index contributed by atoms with van der Waals surface area (Å²) in [5.41, 5.74) is 1.93. The normalized spacial score (nSPS) is 14.2. The van der Waals surface area contributed by atoms with E-state index in [4.69, 9.17) is 9.47 Å². The third-order valence-electron chi connectivity index (χ3n) is 7.59. The van der Waals surface area contributed by atoms with E-state index in [0.717, 1.165) is 41.1 Å². The molecule has 4 rings (SSSR count). The molecule has 42 heavy (non-hydrogen) atoms. The zero-order chi connectivity index (χ0) is 30.3. The molecule has 0 heterocycles. The molecule has 1 aliphatic carbocycles. The predicted octanol–water partition coefficient (Wildman–Crippen LogP) is 4.68. The van der Waals surface area contributed by atoms with Gasteiger partial charge in [-0.25, -0.2) is 8.42 Å². The average molecular weight is 594 g/mol. The lowest BCUT2D eigenvalue weighted by atomic mass is 10.1. The van der Waals surface area contributed by atoms with Gasteiger partial charge in [0, 0.05) is 18.7 Å². The van der Waals surface area contributed by atoms with Crippen molar-refractivity contribution in [2.75, 3.05) is 25.1 Å². The summed E-state index contributed by atoms with van der Waals surface area (Å²) in [6, 6.07) is 19.5. The molecular formula is C32H39N3O6S. The fourth-order valence-corrected chi connectivity index (χ4v) is 6.48. The van der Waals surface area contributed by atoms with Gasteiger partial charge in [0.1, 0.15) is 24.1 Å². The molecule has 0 spiro atoms. The largest absolute Gasteiger partial charge is 0.497 e. The summed E-state index contributed by atoms with van der Waals surface area (Å²) in [5.74, 6) is 0.266. The smallest absolute Gasteiger partial charge is 0.264 e. The Morgan fingerprint density at radius 2 is 1.55 bits per heavy atom. The average Bonchev–Trinajstić information content (AvgIpc) is 3.51. The van der Waals surface area contributed by atoms with Gasteiger partial charge in [0.2, 0.25) is 11.8 Å². The molecule has 1 aliphatic rings. The van der Waals surface area contributed by atoms with E-state index in [1.54, 1.807) is 62.6 Å². The predicted molar refractivity (Wildman–Crippen MR) is 162 cm³/mol. The number of aryl methyl sites for hydroxylation is 1. The van der Waals surface area contributed by atoms with Crippen molar-refractivity contribution in [3.8, 4) is 11.5 Å². The summed E-state index contributed by atoms with van der Waals surface area (Å²) in [6.07, 6.45) is 3.91. The number of amides is 2. The first-order chi connectivity index (χ1) is 20.1. The van der Waals surface area contributed by atoms with Crippen LogP contribution in [0.3, 0.4) is 0 Å². The van der Waals surface area contributed by atoms with E-state index < -0.39 is 28.5 Å².